The Kier molecular flexibility index (Phi) is 3.84. The highest BCUT2D eigenvalue weighted by Crippen LogP contribution is 2.13. The van der Waals surface area contributed by atoms with Gasteiger partial charge in [0.25, 0.3) is 0 Å². The number of nitrogens with zero attached hydrogens (tertiary/aromatic N) is 2. The second kappa shape index (κ2) is 4.15. The Bertz CT molecular complexity index is 222. The van der Waals surface area contributed by atoms with Crippen LogP contribution in [0.3, 0.4) is 0 Å². The van der Waals surface area contributed by atoms with E-state index in [1.54, 1.807) is 13.2 Å². The van der Waals surface area contributed by atoms with Gasteiger partial charge < -0.3 is 5.73 Å². The first-order valence-corrected chi connectivity index (χ1v) is 3.57. The Morgan fingerprint density at radius 3 is 2.82 bits per heavy atom. The molecule has 0 aromatic carbocycles. The number of aromatic nitrogens is 1. The molecule has 3 N–H and O–H groups in total. The van der Waals surface area contributed by atoms with E-state index >= 15 is 0 Å². The van der Waals surface area contributed by atoms with Crippen LogP contribution >= 0.6 is 23.7 Å². The van der Waals surface area contributed by atoms with Crippen molar-refractivity contribution >= 4 is 34.8 Å². The van der Waals surface area contributed by atoms with Crippen LogP contribution in [0, 0.1) is 5.41 Å². The lowest BCUT2D eigenvalue weighted by Crippen LogP contribution is -2.32. The maximum Gasteiger partial charge on any atom is 0.194 e. The van der Waals surface area contributed by atoms with Gasteiger partial charge >= 0.3 is 0 Å². The summed E-state index contributed by atoms with van der Waals surface area (Å²) in [7, 11) is 1.71. The second-order valence-corrected chi connectivity index (χ2v) is 2.63. The van der Waals surface area contributed by atoms with Crippen molar-refractivity contribution in [1.29, 1.82) is 5.41 Å². The Hall–Kier alpha value is -0.810. The van der Waals surface area contributed by atoms with Crippen molar-refractivity contribution in [3.63, 3.8) is 0 Å². The van der Waals surface area contributed by atoms with Crippen LogP contribution in [-0.4, -0.2) is 18.0 Å². The molecule has 0 radical (unpaired) electrons. The van der Waals surface area contributed by atoms with E-state index in [9.17, 15) is 0 Å². The minimum absolute atomic E-state index is 0. The molecule has 1 aromatic heterocycles. The van der Waals surface area contributed by atoms with Crippen LogP contribution in [0.1, 0.15) is 0 Å². The number of nitrogens with one attached hydrogen (secondary N) is 1. The molecule has 0 saturated heterocycles. The standard InChI is InChI=1S/C5H8N4S.ClH/c1-9(4(6)7)5-8-2-3-10-5;/h2-3H,1H3,(H3,6,7);1H. The molecule has 1 heterocycles. The summed E-state index contributed by atoms with van der Waals surface area (Å²) >= 11 is 1.45. The first-order chi connectivity index (χ1) is 4.72. The highest BCUT2D eigenvalue weighted by molar-refractivity contribution is 7.13. The summed E-state index contributed by atoms with van der Waals surface area (Å²) in [5.41, 5.74) is 5.20. The Labute approximate surface area is 75.0 Å². The molecule has 62 valence electrons. The van der Waals surface area contributed by atoms with Crippen LogP contribution < -0.4 is 10.6 Å². The molecule has 0 aliphatic rings. The van der Waals surface area contributed by atoms with Gasteiger partial charge in [0.2, 0.25) is 0 Å². The van der Waals surface area contributed by atoms with E-state index in [4.69, 9.17) is 11.1 Å². The number of guanidine groups is 1. The van der Waals surface area contributed by atoms with Gasteiger partial charge in [0.1, 0.15) is 0 Å². The second-order valence-electron chi connectivity index (χ2n) is 1.76. The van der Waals surface area contributed by atoms with E-state index < -0.39 is 0 Å². The van der Waals surface area contributed by atoms with Gasteiger partial charge in [-0.15, -0.1) is 23.7 Å². The zero-order valence-electron chi connectivity index (χ0n) is 5.94. The van der Waals surface area contributed by atoms with Gasteiger partial charge in [0.15, 0.2) is 11.1 Å². The molecule has 4 nitrogen and oxygen atoms in total. The largest absolute Gasteiger partial charge is 0.370 e. The van der Waals surface area contributed by atoms with Gasteiger partial charge in [-0.3, -0.25) is 10.3 Å². The van der Waals surface area contributed by atoms with Crippen LogP contribution in [0.5, 0.6) is 0 Å². The molecule has 0 bridgehead atoms. The number of hydrogen-bond acceptors (Lipinski definition) is 3. The summed E-state index contributed by atoms with van der Waals surface area (Å²) in [5.74, 6) is 0.00921. The quantitative estimate of drug-likeness (QED) is 0.513. The molecule has 11 heavy (non-hydrogen) atoms. The zero-order valence-corrected chi connectivity index (χ0v) is 7.58. The zero-order chi connectivity index (χ0) is 7.56. The summed E-state index contributed by atoms with van der Waals surface area (Å²) in [4.78, 5) is 5.48. The van der Waals surface area contributed by atoms with Crippen LogP contribution in [-0.2, 0) is 0 Å². The maximum atomic E-state index is 7.05. The fourth-order valence-electron chi connectivity index (χ4n) is 0.485. The SMILES string of the molecule is CN(C(=N)N)c1nccs1.Cl. The number of nitrogens with two attached hydrogens (primary N) is 1. The molecule has 0 spiro atoms. The van der Waals surface area contributed by atoms with E-state index in [-0.39, 0.29) is 18.4 Å². The van der Waals surface area contributed by atoms with Gasteiger partial charge in [-0.25, -0.2) is 4.98 Å². The van der Waals surface area contributed by atoms with Crippen LogP contribution in [0.2, 0.25) is 0 Å². The van der Waals surface area contributed by atoms with Crippen molar-refractivity contribution < 1.29 is 0 Å². The summed E-state index contributed by atoms with van der Waals surface area (Å²) in [6.07, 6.45) is 1.68. The van der Waals surface area contributed by atoms with Crippen LogP contribution in [0.25, 0.3) is 0 Å². The fraction of sp³-hybridized carbons (Fsp3) is 0.200. The number of anilines is 1. The average molecular weight is 193 g/mol. The van der Waals surface area contributed by atoms with Crippen molar-refractivity contribution in [2.45, 2.75) is 0 Å². The van der Waals surface area contributed by atoms with Crippen molar-refractivity contribution in [3.8, 4) is 0 Å². The first kappa shape index (κ1) is 10.2. The van der Waals surface area contributed by atoms with Crippen LogP contribution in [0.15, 0.2) is 11.6 Å². The van der Waals surface area contributed by atoms with E-state index in [1.807, 2.05) is 5.38 Å². The van der Waals surface area contributed by atoms with E-state index in [2.05, 4.69) is 4.98 Å². The molecule has 0 unspecified atom stereocenters. The lowest BCUT2D eigenvalue weighted by molar-refractivity contribution is 1.17. The molecule has 0 aliphatic heterocycles. The lowest BCUT2D eigenvalue weighted by Gasteiger charge is -2.11. The Morgan fingerprint density at radius 1 is 1.82 bits per heavy atom. The third-order valence-electron chi connectivity index (χ3n) is 1.07. The van der Waals surface area contributed by atoms with Gasteiger partial charge in [0, 0.05) is 18.6 Å². The van der Waals surface area contributed by atoms with Crippen molar-refractivity contribution in [2.24, 2.45) is 5.73 Å². The van der Waals surface area contributed by atoms with Crippen molar-refractivity contribution in [2.75, 3.05) is 11.9 Å². The Morgan fingerprint density at radius 2 is 2.45 bits per heavy atom. The third-order valence-corrected chi connectivity index (χ3v) is 1.92. The number of thiazole rings is 1. The molecule has 0 atom stereocenters. The minimum Gasteiger partial charge on any atom is -0.370 e. The highest BCUT2D eigenvalue weighted by Gasteiger charge is 2.03. The van der Waals surface area contributed by atoms with Crippen molar-refractivity contribution in [3.05, 3.63) is 11.6 Å². The lowest BCUT2D eigenvalue weighted by atomic mass is 10.8. The number of hydrogen-bond donors (Lipinski definition) is 2. The summed E-state index contributed by atoms with van der Waals surface area (Å²) in [5, 5.41) is 9.63. The summed E-state index contributed by atoms with van der Waals surface area (Å²) < 4.78 is 0. The Balaban J connectivity index is 0.000001000. The smallest absolute Gasteiger partial charge is 0.194 e. The van der Waals surface area contributed by atoms with E-state index in [0.29, 0.717) is 0 Å². The molecule has 0 fully saturated rings. The number of rotatable bonds is 1. The predicted molar refractivity (Wildman–Crippen MR) is 49.7 cm³/mol. The van der Waals surface area contributed by atoms with Gasteiger partial charge in [-0.2, -0.15) is 0 Å². The highest BCUT2D eigenvalue weighted by atomic mass is 35.5. The normalized spacial score (nSPS) is 8.45. The average Bonchev–Trinajstić information content (AvgIpc) is 2.36. The maximum absolute atomic E-state index is 7.05. The summed E-state index contributed by atoms with van der Waals surface area (Å²) in [6, 6.07) is 0. The van der Waals surface area contributed by atoms with Gasteiger partial charge in [0.05, 0.1) is 0 Å². The molecular formula is C5H9ClN4S. The fourth-order valence-corrected chi connectivity index (χ4v) is 1.11. The topological polar surface area (TPSA) is 66.0 Å². The van der Waals surface area contributed by atoms with E-state index in [1.165, 1.54) is 16.2 Å². The molecule has 6 heteroatoms. The molecule has 0 saturated carbocycles. The molecule has 0 amide bonds. The van der Waals surface area contributed by atoms with E-state index in [0.717, 1.165) is 5.13 Å². The number of halogens is 1. The minimum atomic E-state index is 0. The molecular weight excluding hydrogens is 184 g/mol. The molecule has 1 aromatic rings. The van der Waals surface area contributed by atoms with Crippen molar-refractivity contribution in [1.82, 2.24) is 4.98 Å². The predicted octanol–water partition coefficient (Wildman–Crippen LogP) is 0.895. The van der Waals surface area contributed by atoms with Crippen LogP contribution in [0.4, 0.5) is 5.13 Å². The van der Waals surface area contributed by atoms with Gasteiger partial charge in [-0.1, -0.05) is 0 Å². The monoisotopic (exact) mass is 192 g/mol. The molecule has 1 rings (SSSR count). The third kappa shape index (κ3) is 2.36. The molecule has 0 aliphatic carbocycles. The first-order valence-electron chi connectivity index (χ1n) is 2.69. The van der Waals surface area contributed by atoms with Gasteiger partial charge in [-0.05, 0) is 0 Å². The summed E-state index contributed by atoms with van der Waals surface area (Å²) in [6.45, 7) is 0.